The van der Waals surface area contributed by atoms with Crippen molar-refractivity contribution in [3.05, 3.63) is 24.3 Å². The minimum Gasteiger partial charge on any atom is -0.494 e. The van der Waals surface area contributed by atoms with Crippen molar-refractivity contribution in [3.63, 3.8) is 0 Å². The lowest BCUT2D eigenvalue weighted by atomic mass is 9.92. The van der Waals surface area contributed by atoms with E-state index in [1.165, 1.54) is 0 Å². The van der Waals surface area contributed by atoms with Crippen LogP contribution in [0.2, 0.25) is 0 Å². The second-order valence-corrected chi connectivity index (χ2v) is 6.59. The lowest BCUT2D eigenvalue weighted by Crippen LogP contribution is -2.37. The van der Waals surface area contributed by atoms with Crippen LogP contribution in [0.1, 0.15) is 26.2 Å². The van der Waals surface area contributed by atoms with E-state index >= 15 is 0 Å². The monoisotopic (exact) mass is 367 g/mol. The number of nitrogens with one attached hydrogen (secondary N) is 3. The lowest BCUT2D eigenvalue weighted by Gasteiger charge is -2.23. The molecule has 2 fully saturated rings. The van der Waals surface area contributed by atoms with E-state index in [-0.39, 0.29) is 42.1 Å². The van der Waals surface area contributed by atoms with Gasteiger partial charge in [-0.25, -0.2) is 0 Å². The third-order valence-corrected chi connectivity index (χ3v) is 4.98. The van der Waals surface area contributed by atoms with Gasteiger partial charge in [-0.05, 0) is 69.0 Å². The van der Waals surface area contributed by atoms with E-state index in [0.29, 0.717) is 12.3 Å². The molecule has 1 saturated heterocycles. The molecule has 0 aromatic heterocycles. The highest BCUT2D eigenvalue weighted by atomic mass is 35.5. The van der Waals surface area contributed by atoms with Crippen molar-refractivity contribution in [1.82, 2.24) is 10.6 Å². The molecule has 3 N–H and O–H groups in total. The molecule has 1 aliphatic carbocycles. The Balaban J connectivity index is 0.00000225. The molecule has 1 unspecified atom stereocenters. The summed E-state index contributed by atoms with van der Waals surface area (Å²) >= 11 is 0. The molecule has 7 heteroatoms. The van der Waals surface area contributed by atoms with Gasteiger partial charge in [0, 0.05) is 11.6 Å². The first-order chi connectivity index (χ1) is 11.6. The largest absolute Gasteiger partial charge is 0.494 e. The van der Waals surface area contributed by atoms with Crippen molar-refractivity contribution in [2.45, 2.75) is 26.2 Å². The fourth-order valence-corrected chi connectivity index (χ4v) is 3.49. The van der Waals surface area contributed by atoms with Gasteiger partial charge >= 0.3 is 0 Å². The van der Waals surface area contributed by atoms with Crippen LogP contribution in [0, 0.1) is 11.3 Å². The summed E-state index contributed by atoms with van der Waals surface area (Å²) in [5.41, 5.74) is 0.889. The standard InChI is InChI=1S/C18H25N3O3.ClH/c1-2-24-14-5-3-13(4-6-14)21-16(22)12-20-17(23)15-11-18(15)7-9-19-10-8-18;/h3-6,15,19H,2,7-12H2,1H3,(H,20,23)(H,21,22);1H. The molecule has 1 aromatic rings. The number of hydrogen-bond acceptors (Lipinski definition) is 4. The zero-order valence-corrected chi connectivity index (χ0v) is 15.3. The zero-order chi connectivity index (χ0) is 17.0. The summed E-state index contributed by atoms with van der Waals surface area (Å²) in [4.78, 5) is 24.2. The molecule has 1 atom stereocenters. The van der Waals surface area contributed by atoms with Crippen molar-refractivity contribution >= 4 is 29.9 Å². The van der Waals surface area contributed by atoms with Gasteiger partial charge in [0.15, 0.2) is 0 Å². The summed E-state index contributed by atoms with van der Waals surface area (Å²) in [5.74, 6) is 0.647. The molecule has 1 aliphatic heterocycles. The number of benzene rings is 1. The van der Waals surface area contributed by atoms with Crippen molar-refractivity contribution < 1.29 is 14.3 Å². The number of anilines is 1. The van der Waals surface area contributed by atoms with E-state index in [0.717, 1.165) is 38.1 Å². The van der Waals surface area contributed by atoms with Gasteiger partial charge in [-0.3, -0.25) is 9.59 Å². The summed E-state index contributed by atoms with van der Waals surface area (Å²) in [6.07, 6.45) is 3.08. The molecule has 6 nitrogen and oxygen atoms in total. The quantitative estimate of drug-likeness (QED) is 0.718. The van der Waals surface area contributed by atoms with Crippen molar-refractivity contribution in [2.24, 2.45) is 11.3 Å². The number of hydrogen-bond donors (Lipinski definition) is 3. The number of carbonyl (C=O) groups excluding carboxylic acids is 2. The van der Waals surface area contributed by atoms with Crippen LogP contribution in [0.15, 0.2) is 24.3 Å². The molecule has 0 radical (unpaired) electrons. The van der Waals surface area contributed by atoms with Gasteiger partial charge in [0.1, 0.15) is 5.75 Å². The predicted molar refractivity (Wildman–Crippen MR) is 99.1 cm³/mol. The van der Waals surface area contributed by atoms with Crippen LogP contribution in [0.25, 0.3) is 0 Å². The summed E-state index contributed by atoms with van der Waals surface area (Å²) in [6.45, 7) is 4.52. The average molecular weight is 368 g/mol. The highest BCUT2D eigenvalue weighted by Gasteiger charge is 2.57. The number of carbonyl (C=O) groups is 2. The van der Waals surface area contributed by atoms with Gasteiger partial charge in [-0.2, -0.15) is 0 Å². The van der Waals surface area contributed by atoms with Gasteiger partial charge in [0.25, 0.3) is 0 Å². The molecular formula is C18H26ClN3O3. The van der Waals surface area contributed by atoms with Crippen LogP contribution < -0.4 is 20.7 Å². The van der Waals surface area contributed by atoms with E-state index in [2.05, 4.69) is 16.0 Å². The topological polar surface area (TPSA) is 79.5 Å². The summed E-state index contributed by atoms with van der Waals surface area (Å²) in [7, 11) is 0. The van der Waals surface area contributed by atoms with Gasteiger partial charge in [0.2, 0.25) is 11.8 Å². The molecule has 1 spiro atoms. The first kappa shape index (κ1) is 19.5. The maximum atomic E-state index is 12.2. The summed E-state index contributed by atoms with van der Waals surface area (Å²) in [5, 5.41) is 8.87. The molecule has 2 aliphatic rings. The number of halogens is 1. The molecule has 1 saturated carbocycles. The highest BCUT2D eigenvalue weighted by Crippen LogP contribution is 2.58. The third kappa shape index (κ3) is 4.86. The molecule has 138 valence electrons. The van der Waals surface area contributed by atoms with Crippen LogP contribution >= 0.6 is 12.4 Å². The smallest absolute Gasteiger partial charge is 0.243 e. The molecular weight excluding hydrogens is 342 g/mol. The molecule has 1 heterocycles. The van der Waals surface area contributed by atoms with E-state index < -0.39 is 0 Å². The van der Waals surface area contributed by atoms with Crippen LogP contribution in [0.3, 0.4) is 0 Å². The van der Waals surface area contributed by atoms with Crippen LogP contribution in [-0.4, -0.2) is 38.1 Å². The van der Waals surface area contributed by atoms with Gasteiger partial charge < -0.3 is 20.7 Å². The fourth-order valence-electron chi connectivity index (χ4n) is 3.49. The van der Waals surface area contributed by atoms with E-state index in [4.69, 9.17) is 4.74 Å². The Labute approximate surface area is 154 Å². The third-order valence-electron chi connectivity index (χ3n) is 4.98. The van der Waals surface area contributed by atoms with Crippen molar-refractivity contribution in [1.29, 1.82) is 0 Å². The van der Waals surface area contributed by atoms with Crippen LogP contribution in [-0.2, 0) is 9.59 Å². The predicted octanol–water partition coefficient (Wildman–Crippen LogP) is 1.95. The Hall–Kier alpha value is -1.79. The Bertz CT molecular complexity index is 600. The second kappa shape index (κ2) is 8.54. The molecule has 2 amide bonds. The lowest BCUT2D eigenvalue weighted by molar-refractivity contribution is -0.125. The maximum absolute atomic E-state index is 12.2. The Morgan fingerprint density at radius 3 is 2.56 bits per heavy atom. The zero-order valence-electron chi connectivity index (χ0n) is 14.5. The van der Waals surface area contributed by atoms with Crippen LogP contribution in [0.4, 0.5) is 5.69 Å². The maximum Gasteiger partial charge on any atom is 0.243 e. The van der Waals surface area contributed by atoms with Crippen molar-refractivity contribution in [2.75, 3.05) is 31.6 Å². The van der Waals surface area contributed by atoms with Crippen molar-refractivity contribution in [3.8, 4) is 5.75 Å². The summed E-state index contributed by atoms with van der Waals surface area (Å²) in [6, 6.07) is 7.19. The Morgan fingerprint density at radius 1 is 1.24 bits per heavy atom. The SMILES string of the molecule is CCOc1ccc(NC(=O)CNC(=O)C2CC23CCNCC3)cc1.Cl. The first-order valence-corrected chi connectivity index (χ1v) is 8.64. The number of rotatable bonds is 6. The first-order valence-electron chi connectivity index (χ1n) is 8.64. The van der Waals surface area contributed by atoms with E-state index in [9.17, 15) is 9.59 Å². The summed E-state index contributed by atoms with van der Waals surface area (Å²) < 4.78 is 5.36. The fraction of sp³-hybridized carbons (Fsp3) is 0.556. The number of piperidine rings is 1. The van der Waals surface area contributed by atoms with Gasteiger partial charge in [0.05, 0.1) is 13.2 Å². The van der Waals surface area contributed by atoms with Gasteiger partial charge in [-0.1, -0.05) is 0 Å². The minimum atomic E-state index is -0.215. The molecule has 1 aromatic carbocycles. The average Bonchev–Trinajstić information content (AvgIpc) is 3.28. The second-order valence-electron chi connectivity index (χ2n) is 6.59. The van der Waals surface area contributed by atoms with E-state index in [1.54, 1.807) is 12.1 Å². The Kier molecular flexibility index (Phi) is 6.67. The number of ether oxygens (including phenoxy) is 1. The van der Waals surface area contributed by atoms with Gasteiger partial charge in [-0.15, -0.1) is 12.4 Å². The number of amides is 2. The molecule has 0 bridgehead atoms. The van der Waals surface area contributed by atoms with Crippen LogP contribution in [0.5, 0.6) is 5.75 Å². The van der Waals surface area contributed by atoms with E-state index in [1.807, 2.05) is 19.1 Å². The molecule has 25 heavy (non-hydrogen) atoms. The highest BCUT2D eigenvalue weighted by molar-refractivity contribution is 5.95. The Morgan fingerprint density at radius 2 is 1.92 bits per heavy atom. The molecule has 3 rings (SSSR count). The minimum absolute atomic E-state index is 0. The normalized spacial score (nSPS) is 20.3.